The molecule has 0 aromatic carbocycles. The van der Waals surface area contributed by atoms with Crippen molar-refractivity contribution in [2.45, 2.75) is 58.4 Å². The number of unbranched alkanes of at least 4 members (excludes halogenated alkanes) is 2. The van der Waals surface area contributed by atoms with Crippen molar-refractivity contribution in [3.8, 4) is 0 Å². The summed E-state index contributed by atoms with van der Waals surface area (Å²) in [6.07, 6.45) is 4.90. The third-order valence-electron chi connectivity index (χ3n) is 2.93. The second kappa shape index (κ2) is 12.4. The molecule has 0 aliphatic heterocycles. The first-order chi connectivity index (χ1) is 9.65. The second-order valence-corrected chi connectivity index (χ2v) is 4.72. The zero-order valence-corrected chi connectivity index (χ0v) is 12.5. The largest absolute Gasteiger partial charge is 0.356 e. The van der Waals surface area contributed by atoms with Gasteiger partial charge in [-0.05, 0) is 19.3 Å². The number of nitrogens with one attached hydrogen (secondary N) is 3. The Kier molecular flexibility index (Phi) is 11.5. The van der Waals surface area contributed by atoms with E-state index in [1.165, 1.54) is 0 Å². The number of amides is 3. The highest BCUT2D eigenvalue weighted by Crippen LogP contribution is 1.98. The van der Waals surface area contributed by atoms with Crippen molar-refractivity contribution in [3.05, 3.63) is 0 Å². The van der Waals surface area contributed by atoms with E-state index in [2.05, 4.69) is 22.9 Å². The van der Waals surface area contributed by atoms with Gasteiger partial charge in [-0.1, -0.05) is 26.7 Å². The molecule has 20 heavy (non-hydrogen) atoms. The highest BCUT2D eigenvalue weighted by Gasteiger charge is 2.18. The van der Waals surface area contributed by atoms with Gasteiger partial charge in [0.15, 0.2) is 0 Å². The van der Waals surface area contributed by atoms with Crippen LogP contribution in [0.2, 0.25) is 0 Å². The van der Waals surface area contributed by atoms with E-state index in [0.29, 0.717) is 25.9 Å². The molecular weight excluding hydrogens is 258 g/mol. The van der Waals surface area contributed by atoms with Gasteiger partial charge in [-0.3, -0.25) is 14.4 Å². The topological polar surface area (TPSA) is 87.3 Å². The lowest BCUT2D eigenvalue weighted by Crippen LogP contribution is -2.44. The monoisotopic (exact) mass is 285 g/mol. The van der Waals surface area contributed by atoms with Crippen molar-refractivity contribution in [1.82, 2.24) is 16.0 Å². The molecule has 0 aromatic heterocycles. The van der Waals surface area contributed by atoms with Crippen LogP contribution in [0.15, 0.2) is 0 Å². The van der Waals surface area contributed by atoms with Crippen LogP contribution >= 0.6 is 0 Å². The fourth-order valence-electron chi connectivity index (χ4n) is 1.65. The number of hydrogen-bond donors (Lipinski definition) is 3. The van der Waals surface area contributed by atoms with Gasteiger partial charge in [-0.15, -0.1) is 0 Å². The smallest absolute Gasteiger partial charge is 0.242 e. The summed E-state index contributed by atoms with van der Waals surface area (Å²) in [5, 5.41) is 8.00. The third-order valence-corrected chi connectivity index (χ3v) is 2.93. The molecule has 0 saturated carbocycles. The Hall–Kier alpha value is -1.59. The van der Waals surface area contributed by atoms with Crippen LogP contribution in [0.4, 0.5) is 0 Å². The summed E-state index contributed by atoms with van der Waals surface area (Å²) in [5.41, 5.74) is 0. The van der Waals surface area contributed by atoms with Crippen LogP contribution in [0.1, 0.15) is 52.4 Å². The molecule has 3 N–H and O–H groups in total. The minimum absolute atomic E-state index is 0.0856. The normalized spacial score (nSPS) is 11.5. The van der Waals surface area contributed by atoms with E-state index in [0.717, 1.165) is 25.7 Å². The Balaban J connectivity index is 4.02. The predicted molar refractivity (Wildman–Crippen MR) is 78.1 cm³/mol. The van der Waals surface area contributed by atoms with E-state index in [9.17, 15) is 14.4 Å². The molecule has 1 atom stereocenters. The molecule has 3 amide bonds. The summed E-state index contributed by atoms with van der Waals surface area (Å²) < 4.78 is 0. The van der Waals surface area contributed by atoms with E-state index >= 15 is 0 Å². The lowest BCUT2D eigenvalue weighted by atomic mass is 10.1. The van der Waals surface area contributed by atoms with Crippen LogP contribution in [0.5, 0.6) is 0 Å². The lowest BCUT2D eigenvalue weighted by molar-refractivity contribution is -0.126. The first-order valence-electron chi connectivity index (χ1n) is 7.39. The SMILES string of the molecule is CCCCNC(=O)CCC(NC=O)C(=O)NCCCC. The standard InChI is InChI=1S/C14H27N3O3/c1-3-5-9-15-13(19)8-7-12(17-11-18)14(20)16-10-6-4-2/h11-12H,3-10H2,1-2H3,(H,15,19)(H,16,20)(H,17,18). The molecule has 0 aromatic rings. The van der Waals surface area contributed by atoms with Crippen molar-refractivity contribution < 1.29 is 14.4 Å². The Morgan fingerprint density at radius 3 is 2.20 bits per heavy atom. The number of carbonyl (C=O) groups excluding carboxylic acids is 3. The molecule has 6 heteroatoms. The zero-order valence-electron chi connectivity index (χ0n) is 12.5. The molecule has 0 saturated heterocycles. The van der Waals surface area contributed by atoms with Crippen LogP contribution in [0.25, 0.3) is 0 Å². The lowest BCUT2D eigenvalue weighted by Gasteiger charge is -2.15. The summed E-state index contributed by atoms with van der Waals surface area (Å²) in [7, 11) is 0. The molecule has 0 aliphatic carbocycles. The molecule has 0 fully saturated rings. The van der Waals surface area contributed by atoms with Crippen LogP contribution in [-0.2, 0) is 14.4 Å². The zero-order chi connectivity index (χ0) is 15.2. The molecule has 0 aliphatic rings. The Morgan fingerprint density at radius 2 is 1.65 bits per heavy atom. The van der Waals surface area contributed by atoms with E-state index in [1.807, 2.05) is 6.92 Å². The van der Waals surface area contributed by atoms with E-state index in [4.69, 9.17) is 0 Å². The molecule has 1 unspecified atom stereocenters. The van der Waals surface area contributed by atoms with Crippen molar-refractivity contribution in [2.75, 3.05) is 13.1 Å². The number of carbonyl (C=O) groups is 3. The maximum absolute atomic E-state index is 11.8. The quantitative estimate of drug-likeness (QED) is 0.364. The summed E-state index contributed by atoms with van der Waals surface area (Å²) in [4.78, 5) is 33.9. The maximum Gasteiger partial charge on any atom is 0.242 e. The number of hydrogen-bond acceptors (Lipinski definition) is 3. The highest BCUT2D eigenvalue weighted by atomic mass is 16.2. The van der Waals surface area contributed by atoms with Gasteiger partial charge >= 0.3 is 0 Å². The number of rotatable bonds is 12. The van der Waals surface area contributed by atoms with Crippen LogP contribution in [-0.4, -0.2) is 37.4 Å². The molecule has 0 bridgehead atoms. The average molecular weight is 285 g/mol. The molecule has 0 heterocycles. The predicted octanol–water partition coefficient (Wildman–Crippen LogP) is 0.714. The Labute approximate surface area is 121 Å². The molecular formula is C14H27N3O3. The van der Waals surface area contributed by atoms with E-state index < -0.39 is 6.04 Å². The van der Waals surface area contributed by atoms with Crippen molar-refractivity contribution >= 4 is 18.2 Å². The van der Waals surface area contributed by atoms with Crippen molar-refractivity contribution in [2.24, 2.45) is 0 Å². The summed E-state index contributed by atoms with van der Waals surface area (Å²) in [6.45, 7) is 5.34. The summed E-state index contributed by atoms with van der Waals surface area (Å²) in [6, 6.07) is -0.638. The van der Waals surface area contributed by atoms with Gasteiger partial charge in [0.2, 0.25) is 18.2 Å². The van der Waals surface area contributed by atoms with Crippen molar-refractivity contribution in [3.63, 3.8) is 0 Å². The summed E-state index contributed by atoms with van der Waals surface area (Å²) >= 11 is 0. The van der Waals surface area contributed by atoms with Gasteiger partial charge in [0.05, 0.1) is 0 Å². The van der Waals surface area contributed by atoms with Gasteiger partial charge in [-0.2, -0.15) is 0 Å². The van der Waals surface area contributed by atoms with Crippen LogP contribution in [0, 0.1) is 0 Å². The van der Waals surface area contributed by atoms with E-state index in [-0.39, 0.29) is 18.2 Å². The van der Waals surface area contributed by atoms with Gasteiger partial charge < -0.3 is 16.0 Å². The highest BCUT2D eigenvalue weighted by molar-refractivity contribution is 5.84. The minimum Gasteiger partial charge on any atom is -0.356 e. The molecule has 0 spiro atoms. The van der Waals surface area contributed by atoms with Gasteiger partial charge in [-0.25, -0.2) is 0 Å². The minimum atomic E-state index is -0.638. The fraction of sp³-hybridized carbons (Fsp3) is 0.786. The van der Waals surface area contributed by atoms with Gasteiger partial charge in [0.25, 0.3) is 0 Å². The molecule has 116 valence electrons. The molecule has 0 rings (SSSR count). The molecule has 0 radical (unpaired) electrons. The maximum atomic E-state index is 11.8. The van der Waals surface area contributed by atoms with Crippen LogP contribution in [0.3, 0.4) is 0 Å². The van der Waals surface area contributed by atoms with Gasteiger partial charge in [0.1, 0.15) is 6.04 Å². The van der Waals surface area contributed by atoms with Crippen molar-refractivity contribution in [1.29, 1.82) is 0 Å². The average Bonchev–Trinajstić information content (AvgIpc) is 2.43. The second-order valence-electron chi connectivity index (χ2n) is 4.72. The Bertz CT molecular complexity index is 295. The Morgan fingerprint density at radius 1 is 1.05 bits per heavy atom. The first-order valence-corrected chi connectivity index (χ1v) is 7.39. The van der Waals surface area contributed by atoms with Gasteiger partial charge in [0, 0.05) is 19.5 Å². The summed E-state index contributed by atoms with van der Waals surface area (Å²) in [5.74, 6) is -0.315. The third kappa shape index (κ3) is 9.35. The van der Waals surface area contributed by atoms with Crippen LogP contribution < -0.4 is 16.0 Å². The van der Waals surface area contributed by atoms with E-state index in [1.54, 1.807) is 0 Å². The fourth-order valence-corrected chi connectivity index (χ4v) is 1.65. The molecule has 6 nitrogen and oxygen atoms in total. The first kappa shape index (κ1) is 18.4.